The van der Waals surface area contributed by atoms with E-state index in [4.69, 9.17) is 27.9 Å². The zero-order valence-corrected chi connectivity index (χ0v) is 15.1. The summed E-state index contributed by atoms with van der Waals surface area (Å²) in [6.07, 6.45) is 0. The average Bonchev–Trinajstić information content (AvgIpc) is 2.59. The van der Waals surface area contributed by atoms with E-state index in [1.54, 1.807) is 13.0 Å². The topological polar surface area (TPSA) is 111 Å². The predicted octanol–water partition coefficient (Wildman–Crippen LogP) is 3.80. The summed E-state index contributed by atoms with van der Waals surface area (Å²) >= 11 is 11.7. The molecule has 0 aliphatic carbocycles. The summed E-state index contributed by atoms with van der Waals surface area (Å²) in [5.41, 5.74) is 0.605. The average molecular weight is 398 g/mol. The van der Waals surface area contributed by atoms with Crippen molar-refractivity contribution in [2.45, 2.75) is 6.92 Å². The number of nitro benzene ring substituents is 1. The molecule has 0 unspecified atom stereocenters. The Morgan fingerprint density at radius 3 is 2.35 bits per heavy atom. The standard InChI is InChI=1S/C16H13Cl2N3O5/c1-8-5-12(14(26-2)7-11(8)18)20-16(23)15(22)19-9-3-4-10(17)13(6-9)21(24)25/h3-7H,1-2H3,(H,19,22)(H,20,23). The quantitative estimate of drug-likeness (QED) is 0.463. The first-order chi connectivity index (χ1) is 12.2. The fourth-order valence-electron chi connectivity index (χ4n) is 2.03. The minimum atomic E-state index is -1.02. The molecule has 0 aliphatic rings. The van der Waals surface area contributed by atoms with Crippen LogP contribution in [0.2, 0.25) is 10.0 Å². The van der Waals surface area contributed by atoms with Gasteiger partial charge >= 0.3 is 11.8 Å². The maximum atomic E-state index is 12.1. The molecule has 0 atom stereocenters. The number of hydrogen-bond acceptors (Lipinski definition) is 5. The van der Waals surface area contributed by atoms with Gasteiger partial charge in [0.05, 0.1) is 17.7 Å². The SMILES string of the molecule is COc1cc(Cl)c(C)cc1NC(=O)C(=O)Nc1ccc(Cl)c([N+](=O)[O-])c1. The predicted molar refractivity (Wildman–Crippen MR) is 98.1 cm³/mol. The summed E-state index contributed by atoms with van der Waals surface area (Å²) in [5, 5.41) is 15.9. The number of nitrogens with one attached hydrogen (secondary N) is 2. The van der Waals surface area contributed by atoms with Crippen LogP contribution in [0.4, 0.5) is 17.1 Å². The first-order valence-corrected chi connectivity index (χ1v) is 7.89. The molecule has 0 radical (unpaired) electrons. The molecule has 10 heteroatoms. The van der Waals surface area contributed by atoms with E-state index < -0.39 is 16.7 Å². The zero-order chi connectivity index (χ0) is 19.4. The van der Waals surface area contributed by atoms with E-state index in [9.17, 15) is 19.7 Å². The van der Waals surface area contributed by atoms with Gasteiger partial charge in [0.2, 0.25) is 0 Å². The van der Waals surface area contributed by atoms with Crippen LogP contribution < -0.4 is 15.4 Å². The Hall–Kier alpha value is -2.84. The number of halogens is 2. The molecule has 0 bridgehead atoms. The number of nitro groups is 1. The van der Waals surface area contributed by atoms with Crippen LogP contribution in [0, 0.1) is 17.0 Å². The molecule has 0 saturated heterocycles. The number of carbonyl (C=O) groups excluding carboxylic acids is 2. The van der Waals surface area contributed by atoms with Gasteiger partial charge in [-0.25, -0.2) is 0 Å². The van der Waals surface area contributed by atoms with Crippen molar-refractivity contribution < 1.29 is 19.2 Å². The van der Waals surface area contributed by atoms with Gasteiger partial charge in [-0.15, -0.1) is 0 Å². The lowest BCUT2D eigenvalue weighted by molar-refractivity contribution is -0.384. The van der Waals surface area contributed by atoms with Crippen LogP contribution in [0.15, 0.2) is 30.3 Å². The van der Waals surface area contributed by atoms with Crippen molar-refractivity contribution in [1.29, 1.82) is 0 Å². The molecule has 2 aromatic carbocycles. The normalized spacial score (nSPS) is 10.2. The van der Waals surface area contributed by atoms with Crippen LogP contribution in [0.25, 0.3) is 0 Å². The monoisotopic (exact) mass is 397 g/mol. The van der Waals surface area contributed by atoms with Gasteiger partial charge < -0.3 is 15.4 Å². The second-order valence-electron chi connectivity index (χ2n) is 5.13. The molecule has 0 aromatic heterocycles. The Kier molecular flexibility index (Phi) is 6.01. The number of methoxy groups -OCH3 is 1. The Bertz CT molecular complexity index is 902. The van der Waals surface area contributed by atoms with Gasteiger partial charge in [0.1, 0.15) is 10.8 Å². The lowest BCUT2D eigenvalue weighted by atomic mass is 10.2. The van der Waals surface area contributed by atoms with Crippen molar-refractivity contribution in [3.05, 3.63) is 56.1 Å². The van der Waals surface area contributed by atoms with Gasteiger partial charge in [-0.3, -0.25) is 19.7 Å². The van der Waals surface area contributed by atoms with Gasteiger partial charge in [0, 0.05) is 22.8 Å². The highest BCUT2D eigenvalue weighted by atomic mass is 35.5. The van der Waals surface area contributed by atoms with Gasteiger partial charge in [-0.05, 0) is 30.7 Å². The van der Waals surface area contributed by atoms with E-state index in [1.807, 2.05) is 0 Å². The Balaban J connectivity index is 2.16. The third-order valence-corrected chi connectivity index (χ3v) is 4.06. The Morgan fingerprint density at radius 2 is 1.73 bits per heavy atom. The highest BCUT2D eigenvalue weighted by molar-refractivity contribution is 6.44. The molecule has 2 N–H and O–H groups in total. The van der Waals surface area contributed by atoms with Gasteiger partial charge in [-0.1, -0.05) is 23.2 Å². The van der Waals surface area contributed by atoms with E-state index >= 15 is 0 Å². The van der Waals surface area contributed by atoms with E-state index in [2.05, 4.69) is 10.6 Å². The second kappa shape index (κ2) is 8.03. The van der Waals surface area contributed by atoms with Crippen LogP contribution in [-0.4, -0.2) is 23.8 Å². The number of amides is 2. The molecule has 0 saturated carbocycles. The van der Waals surface area contributed by atoms with Crippen molar-refractivity contribution in [2.75, 3.05) is 17.7 Å². The van der Waals surface area contributed by atoms with E-state index in [0.29, 0.717) is 10.6 Å². The van der Waals surface area contributed by atoms with Crippen molar-refractivity contribution >= 4 is 52.1 Å². The van der Waals surface area contributed by atoms with Crippen molar-refractivity contribution in [2.24, 2.45) is 0 Å². The number of carbonyl (C=O) groups is 2. The first-order valence-electron chi connectivity index (χ1n) is 7.13. The molecule has 0 fully saturated rings. The van der Waals surface area contributed by atoms with E-state index in [1.165, 1.54) is 25.3 Å². The fraction of sp³-hybridized carbons (Fsp3) is 0.125. The van der Waals surface area contributed by atoms with Crippen LogP contribution in [0.3, 0.4) is 0 Å². The third-order valence-electron chi connectivity index (χ3n) is 3.34. The summed E-state index contributed by atoms with van der Waals surface area (Å²) in [7, 11) is 1.39. The van der Waals surface area contributed by atoms with E-state index in [0.717, 1.165) is 6.07 Å². The summed E-state index contributed by atoms with van der Waals surface area (Å²) in [6.45, 7) is 1.73. The molecule has 2 amide bonds. The fourth-order valence-corrected chi connectivity index (χ4v) is 2.37. The van der Waals surface area contributed by atoms with Crippen molar-refractivity contribution in [3.63, 3.8) is 0 Å². The molecular formula is C16H13Cl2N3O5. The van der Waals surface area contributed by atoms with E-state index in [-0.39, 0.29) is 27.8 Å². The van der Waals surface area contributed by atoms with Crippen molar-refractivity contribution in [3.8, 4) is 5.75 Å². The highest BCUT2D eigenvalue weighted by Crippen LogP contribution is 2.31. The zero-order valence-electron chi connectivity index (χ0n) is 13.6. The molecular weight excluding hydrogens is 385 g/mol. The molecule has 8 nitrogen and oxygen atoms in total. The lowest BCUT2D eigenvalue weighted by Crippen LogP contribution is -2.29. The molecule has 2 aromatic rings. The van der Waals surface area contributed by atoms with Crippen molar-refractivity contribution in [1.82, 2.24) is 0 Å². The lowest BCUT2D eigenvalue weighted by Gasteiger charge is -2.12. The summed E-state index contributed by atoms with van der Waals surface area (Å²) in [5.74, 6) is -1.72. The molecule has 136 valence electrons. The Labute approximate surface area is 158 Å². The third kappa shape index (κ3) is 4.41. The number of hydrogen-bond donors (Lipinski definition) is 2. The first kappa shape index (κ1) is 19.5. The molecule has 0 spiro atoms. The number of rotatable bonds is 4. The number of ether oxygens (including phenoxy) is 1. The van der Waals surface area contributed by atoms with Crippen LogP contribution in [0.5, 0.6) is 5.75 Å². The molecule has 2 rings (SSSR count). The van der Waals surface area contributed by atoms with Gasteiger partial charge in [-0.2, -0.15) is 0 Å². The highest BCUT2D eigenvalue weighted by Gasteiger charge is 2.19. The number of nitrogens with zero attached hydrogens (tertiary/aromatic N) is 1. The Morgan fingerprint density at radius 1 is 1.08 bits per heavy atom. The second-order valence-corrected chi connectivity index (χ2v) is 5.95. The maximum absolute atomic E-state index is 12.1. The number of anilines is 2. The van der Waals surface area contributed by atoms with Gasteiger partial charge in [0.15, 0.2) is 0 Å². The van der Waals surface area contributed by atoms with Crippen LogP contribution in [-0.2, 0) is 9.59 Å². The number of benzene rings is 2. The minimum absolute atomic E-state index is 0.0560. The summed E-state index contributed by atoms with van der Waals surface area (Å²) in [6, 6.07) is 6.71. The smallest absolute Gasteiger partial charge is 0.314 e. The minimum Gasteiger partial charge on any atom is -0.495 e. The summed E-state index contributed by atoms with van der Waals surface area (Å²) in [4.78, 5) is 34.3. The molecule has 0 aliphatic heterocycles. The molecule has 0 heterocycles. The van der Waals surface area contributed by atoms with Crippen LogP contribution >= 0.6 is 23.2 Å². The summed E-state index contributed by atoms with van der Waals surface area (Å²) < 4.78 is 5.11. The van der Waals surface area contributed by atoms with Crippen LogP contribution in [0.1, 0.15) is 5.56 Å². The van der Waals surface area contributed by atoms with Gasteiger partial charge in [0.25, 0.3) is 5.69 Å². The number of aryl methyl sites for hydroxylation is 1. The maximum Gasteiger partial charge on any atom is 0.314 e. The largest absolute Gasteiger partial charge is 0.495 e. The molecule has 26 heavy (non-hydrogen) atoms.